The van der Waals surface area contributed by atoms with Gasteiger partial charge in [-0.2, -0.15) is 31.4 Å². The standard InChI is InChI=1S/C24H20F7N7O2/c1-11(35-18-9-34-37-21(39)19(18)24(29,30)31)3-2-6-38-10-33-17-8-12(15(25)7-13(17)22(38)40)16-5-4-14(20(32)36-16)23(26,27)28/h4-5,7-11H,2-3,6H2,1H3,(H2,32,36)(H2,35,37,39)/t11-/m0/s1. The van der Waals surface area contributed by atoms with Crippen LogP contribution in [0.2, 0.25) is 0 Å². The number of pyridine rings is 1. The number of aromatic nitrogens is 5. The summed E-state index contributed by atoms with van der Waals surface area (Å²) in [7, 11) is 0. The number of aryl methyl sites for hydroxylation is 1. The average Bonchev–Trinajstić information content (AvgIpc) is 2.84. The van der Waals surface area contributed by atoms with Crippen molar-refractivity contribution in [2.24, 2.45) is 0 Å². The van der Waals surface area contributed by atoms with Gasteiger partial charge in [0.25, 0.3) is 11.1 Å². The second kappa shape index (κ2) is 10.6. The van der Waals surface area contributed by atoms with E-state index in [4.69, 9.17) is 5.73 Å². The van der Waals surface area contributed by atoms with Gasteiger partial charge in [0.15, 0.2) is 0 Å². The van der Waals surface area contributed by atoms with Crippen LogP contribution in [0, 0.1) is 5.82 Å². The summed E-state index contributed by atoms with van der Waals surface area (Å²) in [5.41, 5.74) is 0.0418. The smallest absolute Gasteiger partial charge is 0.383 e. The predicted octanol–water partition coefficient (Wildman–Crippen LogP) is 4.58. The predicted molar refractivity (Wildman–Crippen MR) is 131 cm³/mol. The largest absolute Gasteiger partial charge is 0.423 e. The van der Waals surface area contributed by atoms with Gasteiger partial charge in [-0.25, -0.2) is 19.5 Å². The number of H-pyrrole nitrogens is 1. The van der Waals surface area contributed by atoms with E-state index < -0.39 is 58.0 Å². The van der Waals surface area contributed by atoms with Crippen molar-refractivity contribution in [2.75, 3.05) is 11.1 Å². The number of hydrogen-bond donors (Lipinski definition) is 3. The van der Waals surface area contributed by atoms with Crippen molar-refractivity contribution < 1.29 is 30.7 Å². The second-order valence-corrected chi connectivity index (χ2v) is 8.89. The van der Waals surface area contributed by atoms with Crippen molar-refractivity contribution in [1.29, 1.82) is 0 Å². The zero-order valence-corrected chi connectivity index (χ0v) is 20.5. The maximum absolute atomic E-state index is 14.9. The van der Waals surface area contributed by atoms with Crippen LogP contribution in [0.5, 0.6) is 0 Å². The van der Waals surface area contributed by atoms with Gasteiger partial charge in [0, 0.05) is 18.2 Å². The highest BCUT2D eigenvalue weighted by atomic mass is 19.4. The minimum atomic E-state index is -4.90. The van der Waals surface area contributed by atoms with E-state index in [9.17, 15) is 40.3 Å². The van der Waals surface area contributed by atoms with E-state index >= 15 is 0 Å². The molecule has 4 rings (SSSR count). The molecule has 0 spiro atoms. The molecule has 3 heterocycles. The number of rotatable bonds is 7. The SMILES string of the molecule is C[C@@H](CCCn1cnc2cc(-c3ccc(C(F)(F)F)c(N)n3)c(F)cc2c1=O)Nc1cn[nH]c(=O)c1C(F)(F)F. The zero-order valence-electron chi connectivity index (χ0n) is 20.5. The highest BCUT2D eigenvalue weighted by Crippen LogP contribution is 2.35. The third-order valence-corrected chi connectivity index (χ3v) is 6.00. The number of nitrogens with one attached hydrogen (secondary N) is 2. The molecular weight excluding hydrogens is 551 g/mol. The van der Waals surface area contributed by atoms with Gasteiger partial charge in [-0.05, 0) is 44.0 Å². The van der Waals surface area contributed by atoms with Gasteiger partial charge in [-0.3, -0.25) is 14.2 Å². The number of fused-ring (bicyclic) bond motifs is 1. The van der Waals surface area contributed by atoms with Crippen LogP contribution in [0.15, 0.2) is 46.4 Å². The van der Waals surface area contributed by atoms with E-state index in [2.05, 4.69) is 20.4 Å². The van der Waals surface area contributed by atoms with Crippen LogP contribution in [-0.4, -0.2) is 30.8 Å². The molecule has 212 valence electrons. The van der Waals surface area contributed by atoms with Crippen LogP contribution in [0.4, 0.5) is 42.2 Å². The molecule has 0 unspecified atom stereocenters. The number of nitrogen functional groups attached to an aromatic ring is 1. The first-order valence-electron chi connectivity index (χ1n) is 11.6. The Morgan fingerprint density at radius 1 is 1.10 bits per heavy atom. The highest BCUT2D eigenvalue weighted by Gasteiger charge is 2.37. The molecule has 0 saturated heterocycles. The number of halogens is 7. The third-order valence-electron chi connectivity index (χ3n) is 6.00. The van der Waals surface area contributed by atoms with Gasteiger partial charge in [0.1, 0.15) is 17.2 Å². The minimum absolute atomic E-state index is 0.0643. The quantitative estimate of drug-likeness (QED) is 0.277. The fraction of sp³-hybridized carbons (Fsp3) is 0.292. The van der Waals surface area contributed by atoms with Crippen LogP contribution >= 0.6 is 0 Å². The van der Waals surface area contributed by atoms with Crippen LogP contribution in [-0.2, 0) is 18.9 Å². The Bertz CT molecular complexity index is 1680. The maximum Gasteiger partial charge on any atom is 0.423 e. The first kappa shape index (κ1) is 28.5. The monoisotopic (exact) mass is 571 g/mol. The number of hydrogen-bond acceptors (Lipinski definition) is 7. The molecule has 0 amide bonds. The van der Waals surface area contributed by atoms with Crippen molar-refractivity contribution >= 4 is 22.4 Å². The lowest BCUT2D eigenvalue weighted by Crippen LogP contribution is -2.27. The topological polar surface area (TPSA) is 132 Å². The van der Waals surface area contributed by atoms with Gasteiger partial charge >= 0.3 is 12.4 Å². The van der Waals surface area contributed by atoms with Crippen molar-refractivity contribution in [1.82, 2.24) is 24.7 Å². The Morgan fingerprint density at radius 3 is 2.48 bits per heavy atom. The van der Waals surface area contributed by atoms with E-state index in [1.165, 1.54) is 17.0 Å². The zero-order chi connectivity index (χ0) is 29.4. The lowest BCUT2D eigenvalue weighted by molar-refractivity contribution is -0.138. The molecule has 0 bridgehead atoms. The van der Waals surface area contributed by atoms with Crippen LogP contribution in [0.1, 0.15) is 30.9 Å². The Kier molecular flexibility index (Phi) is 7.54. The first-order chi connectivity index (χ1) is 18.7. The van der Waals surface area contributed by atoms with Gasteiger partial charge < -0.3 is 11.1 Å². The van der Waals surface area contributed by atoms with E-state index in [1.807, 2.05) is 0 Å². The molecule has 0 aliphatic rings. The second-order valence-electron chi connectivity index (χ2n) is 8.89. The molecule has 0 radical (unpaired) electrons. The molecule has 3 aromatic heterocycles. The molecule has 1 atom stereocenters. The van der Waals surface area contributed by atoms with Crippen molar-refractivity contribution in [3.05, 3.63) is 74.4 Å². The fourth-order valence-electron chi connectivity index (χ4n) is 4.09. The molecule has 0 aliphatic heterocycles. The maximum atomic E-state index is 14.9. The molecule has 0 fully saturated rings. The summed E-state index contributed by atoms with van der Waals surface area (Å²) in [5.74, 6) is -1.76. The molecule has 4 N–H and O–H groups in total. The normalized spacial score (nSPS) is 13.0. The molecule has 0 aliphatic carbocycles. The lowest BCUT2D eigenvalue weighted by Gasteiger charge is -2.18. The Hall–Kier alpha value is -4.50. The highest BCUT2D eigenvalue weighted by molar-refractivity contribution is 5.83. The molecule has 1 aromatic carbocycles. The molecule has 40 heavy (non-hydrogen) atoms. The van der Waals surface area contributed by atoms with E-state index in [-0.39, 0.29) is 35.1 Å². The number of alkyl halides is 6. The van der Waals surface area contributed by atoms with Crippen LogP contribution in [0.3, 0.4) is 0 Å². The van der Waals surface area contributed by atoms with Gasteiger partial charge in [-0.1, -0.05) is 0 Å². The van der Waals surface area contributed by atoms with Gasteiger partial charge in [-0.15, -0.1) is 0 Å². The fourth-order valence-corrected chi connectivity index (χ4v) is 4.09. The summed E-state index contributed by atoms with van der Waals surface area (Å²) < 4.78 is 94.6. The van der Waals surface area contributed by atoms with E-state index in [0.717, 1.165) is 18.3 Å². The summed E-state index contributed by atoms with van der Waals surface area (Å²) in [6.45, 7) is 1.68. The molecule has 4 aromatic rings. The summed E-state index contributed by atoms with van der Waals surface area (Å²) in [4.78, 5) is 32.3. The van der Waals surface area contributed by atoms with Crippen molar-refractivity contribution in [3.8, 4) is 11.3 Å². The number of benzene rings is 1. The molecule has 16 heteroatoms. The van der Waals surface area contributed by atoms with Crippen LogP contribution in [0.25, 0.3) is 22.2 Å². The summed E-state index contributed by atoms with van der Waals surface area (Å²) in [6, 6.07) is 3.16. The van der Waals surface area contributed by atoms with Gasteiger partial charge in [0.2, 0.25) is 0 Å². The van der Waals surface area contributed by atoms with Crippen LogP contribution < -0.4 is 22.2 Å². The minimum Gasteiger partial charge on any atom is -0.383 e. The summed E-state index contributed by atoms with van der Waals surface area (Å²) in [5, 5.41) is 7.64. The van der Waals surface area contributed by atoms with E-state index in [0.29, 0.717) is 12.5 Å². The van der Waals surface area contributed by atoms with Gasteiger partial charge in [0.05, 0.1) is 40.4 Å². The third kappa shape index (κ3) is 5.89. The summed E-state index contributed by atoms with van der Waals surface area (Å²) in [6.07, 6.45) is -7.00. The Morgan fingerprint density at radius 2 is 1.82 bits per heavy atom. The number of nitrogens with zero attached hydrogens (tertiary/aromatic N) is 4. The van der Waals surface area contributed by atoms with E-state index in [1.54, 1.807) is 12.0 Å². The summed E-state index contributed by atoms with van der Waals surface area (Å²) >= 11 is 0. The Balaban J connectivity index is 1.50. The first-order valence-corrected chi connectivity index (χ1v) is 11.6. The number of anilines is 2. The molecule has 9 nitrogen and oxygen atoms in total. The van der Waals surface area contributed by atoms with Crippen molar-refractivity contribution in [2.45, 2.75) is 44.7 Å². The molecule has 0 saturated carbocycles. The number of nitrogens with two attached hydrogens (primary N) is 1. The Labute approximate surface area is 219 Å². The average molecular weight is 571 g/mol. The van der Waals surface area contributed by atoms with Crippen molar-refractivity contribution in [3.63, 3.8) is 0 Å². The lowest BCUT2D eigenvalue weighted by atomic mass is 10.1. The number of aromatic amines is 1. The molecular formula is C24H20F7N7O2.